The number of methoxy groups -OCH3 is 1. The number of benzene rings is 2. The fraction of sp³-hybridized carbons (Fsp3) is 0.318. The summed E-state index contributed by atoms with van der Waals surface area (Å²) in [7, 11) is 1.78. The Morgan fingerprint density at radius 2 is 2.04 bits per heavy atom. The van der Waals surface area contributed by atoms with Gasteiger partial charge in [0.25, 0.3) is 0 Å². The minimum absolute atomic E-state index is 0.00933. The van der Waals surface area contributed by atoms with Gasteiger partial charge in [-0.3, -0.25) is 4.79 Å². The number of carbonyl (C=O) groups is 1. The third-order valence-electron chi connectivity index (χ3n) is 5.25. The normalized spacial score (nSPS) is 17.2. The highest BCUT2D eigenvalue weighted by Gasteiger charge is 2.19. The van der Waals surface area contributed by atoms with Gasteiger partial charge in [0.05, 0.1) is 12.5 Å². The van der Waals surface area contributed by atoms with Crippen LogP contribution in [0.15, 0.2) is 54.7 Å². The molecule has 0 aliphatic carbocycles. The van der Waals surface area contributed by atoms with Gasteiger partial charge in [-0.25, -0.2) is 0 Å². The lowest BCUT2D eigenvalue weighted by Crippen LogP contribution is -2.39. The summed E-state index contributed by atoms with van der Waals surface area (Å²) in [5.41, 5.74) is 4.06. The summed E-state index contributed by atoms with van der Waals surface area (Å²) in [5.74, 6) is -0.00933. The Morgan fingerprint density at radius 3 is 2.85 bits per heavy atom. The molecule has 0 spiro atoms. The van der Waals surface area contributed by atoms with Crippen molar-refractivity contribution in [2.75, 3.05) is 30.4 Å². The van der Waals surface area contributed by atoms with E-state index in [0.29, 0.717) is 12.5 Å². The Kier molecular flexibility index (Phi) is 5.12. The zero-order valence-corrected chi connectivity index (χ0v) is 15.6. The lowest BCUT2D eigenvalue weighted by molar-refractivity contribution is -0.115. The summed E-state index contributed by atoms with van der Waals surface area (Å²) in [6.45, 7) is 1.97. The molecule has 27 heavy (non-hydrogen) atoms. The smallest absolute Gasteiger partial charge is 0.228 e. The number of hydrogen-bond acceptors (Lipinski definition) is 3. The monoisotopic (exact) mass is 363 g/mol. The van der Waals surface area contributed by atoms with Crippen molar-refractivity contribution < 1.29 is 9.53 Å². The van der Waals surface area contributed by atoms with Crippen LogP contribution in [0.2, 0.25) is 0 Å². The number of carbonyl (C=O) groups excluding carboxylic acids is 1. The number of aromatic nitrogens is 1. The second-order valence-corrected chi connectivity index (χ2v) is 7.08. The Balaban J connectivity index is 1.38. The summed E-state index contributed by atoms with van der Waals surface area (Å²) >= 11 is 0. The largest absolute Gasteiger partial charge is 0.380 e. The zero-order valence-electron chi connectivity index (χ0n) is 15.6. The predicted octanol–water partition coefficient (Wildman–Crippen LogP) is 3.96. The van der Waals surface area contributed by atoms with Gasteiger partial charge in [-0.2, -0.15) is 0 Å². The Bertz CT molecular complexity index is 917. The third-order valence-corrected chi connectivity index (χ3v) is 5.25. The molecule has 140 valence electrons. The molecule has 0 bridgehead atoms. The molecule has 0 radical (unpaired) electrons. The molecule has 3 aromatic rings. The highest BCUT2D eigenvalue weighted by molar-refractivity contribution is 5.95. The van der Waals surface area contributed by atoms with Crippen LogP contribution in [-0.2, 0) is 16.0 Å². The van der Waals surface area contributed by atoms with Crippen molar-refractivity contribution in [2.45, 2.75) is 25.4 Å². The Morgan fingerprint density at radius 1 is 1.22 bits per heavy atom. The maximum absolute atomic E-state index is 12.4. The van der Waals surface area contributed by atoms with E-state index >= 15 is 0 Å². The topological polar surface area (TPSA) is 57.4 Å². The number of piperidine rings is 1. The van der Waals surface area contributed by atoms with Crippen molar-refractivity contribution in [3.05, 3.63) is 60.3 Å². The number of aromatic amines is 1. The van der Waals surface area contributed by atoms with Crippen LogP contribution in [0.4, 0.5) is 11.4 Å². The van der Waals surface area contributed by atoms with Gasteiger partial charge in [0, 0.05) is 48.7 Å². The molecule has 1 aromatic heterocycles. The number of nitrogens with zero attached hydrogens (tertiary/aromatic N) is 1. The van der Waals surface area contributed by atoms with E-state index in [2.05, 4.69) is 27.3 Å². The molecule has 2 N–H and O–H groups in total. The van der Waals surface area contributed by atoms with E-state index < -0.39 is 0 Å². The van der Waals surface area contributed by atoms with Crippen LogP contribution >= 0.6 is 0 Å². The van der Waals surface area contributed by atoms with Crippen LogP contribution in [0.25, 0.3) is 10.9 Å². The highest BCUT2D eigenvalue weighted by atomic mass is 16.5. The molecule has 5 nitrogen and oxygen atoms in total. The van der Waals surface area contributed by atoms with E-state index in [1.54, 1.807) is 7.11 Å². The molecular formula is C22H25N3O2. The lowest BCUT2D eigenvalue weighted by Gasteiger charge is -2.33. The van der Waals surface area contributed by atoms with Crippen LogP contribution < -0.4 is 10.2 Å². The van der Waals surface area contributed by atoms with Gasteiger partial charge in [-0.15, -0.1) is 0 Å². The number of rotatable bonds is 5. The highest BCUT2D eigenvalue weighted by Crippen LogP contribution is 2.23. The maximum Gasteiger partial charge on any atom is 0.228 e. The number of H-pyrrole nitrogens is 1. The number of ether oxygens (including phenoxy) is 1. The number of nitrogens with one attached hydrogen (secondary N) is 2. The van der Waals surface area contributed by atoms with Crippen LogP contribution in [0.5, 0.6) is 0 Å². The molecule has 1 saturated heterocycles. The van der Waals surface area contributed by atoms with E-state index in [-0.39, 0.29) is 5.91 Å². The van der Waals surface area contributed by atoms with Crippen molar-refractivity contribution in [1.29, 1.82) is 0 Å². The first-order valence-electron chi connectivity index (χ1n) is 9.45. The molecule has 4 rings (SSSR count). The molecule has 2 aromatic carbocycles. The van der Waals surface area contributed by atoms with Gasteiger partial charge in [0.15, 0.2) is 0 Å². The fourth-order valence-corrected chi connectivity index (χ4v) is 3.78. The summed E-state index contributed by atoms with van der Waals surface area (Å²) in [4.78, 5) is 18.0. The van der Waals surface area contributed by atoms with Crippen LogP contribution in [0.1, 0.15) is 18.4 Å². The van der Waals surface area contributed by atoms with E-state index in [1.165, 1.54) is 5.69 Å². The van der Waals surface area contributed by atoms with Gasteiger partial charge in [0.2, 0.25) is 5.91 Å². The average molecular weight is 363 g/mol. The van der Waals surface area contributed by atoms with Crippen molar-refractivity contribution in [2.24, 2.45) is 0 Å². The molecule has 5 heteroatoms. The molecule has 1 amide bonds. The summed E-state index contributed by atoms with van der Waals surface area (Å²) in [6.07, 6.45) is 4.83. The van der Waals surface area contributed by atoms with Crippen LogP contribution in [0, 0.1) is 0 Å². The average Bonchev–Trinajstić information content (AvgIpc) is 3.11. The van der Waals surface area contributed by atoms with Gasteiger partial charge >= 0.3 is 0 Å². The standard InChI is InChI=1S/C22H25N3O2/c1-27-19-5-4-12-25(15-19)18-10-8-17(9-11-18)24-22(26)13-16-14-23-21-7-3-2-6-20(16)21/h2-3,6-11,14,19,23H,4-5,12-13,15H2,1H3,(H,24,26). The second-order valence-electron chi connectivity index (χ2n) is 7.08. The first-order valence-corrected chi connectivity index (χ1v) is 9.45. The molecule has 1 unspecified atom stereocenters. The van der Waals surface area contributed by atoms with Gasteiger partial charge < -0.3 is 19.9 Å². The second kappa shape index (κ2) is 7.84. The summed E-state index contributed by atoms with van der Waals surface area (Å²) < 4.78 is 5.50. The predicted molar refractivity (Wildman–Crippen MR) is 109 cm³/mol. The molecule has 1 aliphatic heterocycles. The summed E-state index contributed by atoms with van der Waals surface area (Å²) in [6, 6.07) is 16.1. The third kappa shape index (κ3) is 3.98. The van der Waals surface area contributed by atoms with Gasteiger partial charge in [-0.05, 0) is 48.7 Å². The molecule has 1 atom stereocenters. The lowest BCUT2D eigenvalue weighted by atomic mass is 10.1. The van der Waals surface area contributed by atoms with Gasteiger partial charge in [0.1, 0.15) is 0 Å². The van der Waals surface area contributed by atoms with E-state index in [9.17, 15) is 4.79 Å². The van der Waals surface area contributed by atoms with E-state index in [4.69, 9.17) is 4.74 Å². The molecule has 1 aliphatic rings. The fourth-order valence-electron chi connectivity index (χ4n) is 3.78. The van der Waals surface area contributed by atoms with Crippen molar-refractivity contribution in [1.82, 2.24) is 4.98 Å². The number of anilines is 2. The van der Waals surface area contributed by atoms with Crippen molar-refractivity contribution >= 4 is 28.2 Å². The van der Waals surface area contributed by atoms with E-state index in [1.807, 2.05) is 42.6 Å². The minimum Gasteiger partial charge on any atom is -0.380 e. The van der Waals surface area contributed by atoms with E-state index in [0.717, 1.165) is 48.1 Å². The molecule has 2 heterocycles. The Labute approximate surface area is 159 Å². The number of fused-ring (bicyclic) bond motifs is 1. The first kappa shape index (κ1) is 17.6. The van der Waals surface area contributed by atoms with Crippen molar-refractivity contribution in [3.63, 3.8) is 0 Å². The van der Waals surface area contributed by atoms with Crippen molar-refractivity contribution in [3.8, 4) is 0 Å². The van der Waals surface area contributed by atoms with Crippen LogP contribution in [0.3, 0.4) is 0 Å². The van der Waals surface area contributed by atoms with Gasteiger partial charge in [-0.1, -0.05) is 18.2 Å². The summed E-state index contributed by atoms with van der Waals surface area (Å²) in [5, 5.41) is 4.10. The Hall–Kier alpha value is -2.79. The molecule has 1 fully saturated rings. The number of hydrogen-bond donors (Lipinski definition) is 2. The first-order chi connectivity index (χ1) is 13.2. The SMILES string of the molecule is COC1CCCN(c2ccc(NC(=O)Cc3c[nH]c4ccccc34)cc2)C1. The molecule has 0 saturated carbocycles. The quantitative estimate of drug-likeness (QED) is 0.721. The van der Waals surface area contributed by atoms with Crippen LogP contribution in [-0.4, -0.2) is 37.2 Å². The number of para-hydroxylation sites is 1. The number of amides is 1. The zero-order chi connectivity index (χ0) is 18.6. The maximum atomic E-state index is 12.4. The molecular weight excluding hydrogens is 338 g/mol. The minimum atomic E-state index is -0.00933.